The molecule has 32 heavy (non-hydrogen) atoms. The summed E-state index contributed by atoms with van der Waals surface area (Å²) in [7, 11) is -3.92. The minimum atomic E-state index is -3.92. The molecule has 0 aromatic heterocycles. The van der Waals surface area contributed by atoms with Gasteiger partial charge in [0, 0.05) is 0 Å². The molecule has 0 spiro atoms. The fourth-order valence-electron chi connectivity index (χ4n) is 3.36. The van der Waals surface area contributed by atoms with E-state index in [1.54, 1.807) is 24.3 Å². The van der Waals surface area contributed by atoms with Gasteiger partial charge in [0.05, 0.1) is 17.1 Å². The highest BCUT2D eigenvalue weighted by Crippen LogP contribution is 2.27. The van der Waals surface area contributed by atoms with Gasteiger partial charge in [-0.25, -0.2) is 8.42 Å². The standard InChI is InChI=1S/C25H28N2O4S/c1-19-13-14-23(21(3)17-19)27(32(29,30)22-10-5-4-6-11-22)18-25(28)26-15-16-31-24-12-8-7-9-20(24)2/h4-14,17H,15-16,18H2,1-3H3,(H,26,28). The number of nitrogens with zero attached hydrogens (tertiary/aromatic N) is 1. The van der Waals surface area contributed by atoms with E-state index in [2.05, 4.69) is 5.32 Å². The average molecular weight is 453 g/mol. The summed E-state index contributed by atoms with van der Waals surface area (Å²) in [5.74, 6) is 0.350. The number of ether oxygens (including phenoxy) is 1. The molecule has 0 atom stereocenters. The lowest BCUT2D eigenvalue weighted by molar-refractivity contribution is -0.119. The Bertz CT molecular complexity index is 1180. The molecule has 0 aliphatic rings. The van der Waals surface area contributed by atoms with Crippen LogP contribution in [0.5, 0.6) is 5.75 Å². The van der Waals surface area contributed by atoms with E-state index >= 15 is 0 Å². The molecule has 0 heterocycles. The SMILES string of the molecule is Cc1ccc(N(CC(=O)NCCOc2ccccc2C)S(=O)(=O)c2ccccc2)c(C)c1. The van der Waals surface area contributed by atoms with Crippen molar-refractivity contribution in [1.29, 1.82) is 0 Å². The van der Waals surface area contributed by atoms with E-state index in [1.165, 1.54) is 12.1 Å². The minimum Gasteiger partial charge on any atom is -0.491 e. The van der Waals surface area contributed by atoms with Crippen LogP contribution < -0.4 is 14.4 Å². The second kappa shape index (κ2) is 10.3. The Morgan fingerprint density at radius 3 is 2.28 bits per heavy atom. The maximum atomic E-state index is 13.4. The second-order valence-electron chi connectivity index (χ2n) is 7.58. The number of hydrogen-bond donors (Lipinski definition) is 1. The topological polar surface area (TPSA) is 75.7 Å². The van der Waals surface area contributed by atoms with Gasteiger partial charge in [0.1, 0.15) is 18.9 Å². The van der Waals surface area contributed by atoms with Gasteiger partial charge in [0.2, 0.25) is 5.91 Å². The number of para-hydroxylation sites is 1. The Labute approximate surface area is 189 Å². The predicted octanol–water partition coefficient (Wildman–Crippen LogP) is 4.00. The van der Waals surface area contributed by atoms with Crippen LogP contribution >= 0.6 is 0 Å². The summed E-state index contributed by atoms with van der Waals surface area (Å²) in [4.78, 5) is 12.8. The molecule has 3 aromatic rings. The number of carbonyl (C=O) groups is 1. The lowest BCUT2D eigenvalue weighted by Gasteiger charge is -2.26. The van der Waals surface area contributed by atoms with E-state index in [4.69, 9.17) is 4.74 Å². The van der Waals surface area contributed by atoms with Gasteiger partial charge in [0.15, 0.2) is 0 Å². The van der Waals surface area contributed by atoms with Crippen LogP contribution in [0.4, 0.5) is 5.69 Å². The summed E-state index contributed by atoms with van der Waals surface area (Å²) in [5.41, 5.74) is 3.28. The van der Waals surface area contributed by atoms with E-state index in [0.29, 0.717) is 5.69 Å². The van der Waals surface area contributed by atoms with Crippen LogP contribution in [0.1, 0.15) is 16.7 Å². The fraction of sp³-hybridized carbons (Fsp3) is 0.240. The molecule has 0 bridgehead atoms. The van der Waals surface area contributed by atoms with Crippen LogP contribution in [-0.4, -0.2) is 34.0 Å². The molecule has 0 radical (unpaired) electrons. The van der Waals surface area contributed by atoms with Crippen molar-refractivity contribution < 1.29 is 17.9 Å². The highest BCUT2D eigenvalue weighted by Gasteiger charge is 2.28. The summed E-state index contributed by atoms with van der Waals surface area (Å²) in [6.45, 7) is 5.94. The maximum absolute atomic E-state index is 13.4. The Morgan fingerprint density at radius 1 is 0.906 bits per heavy atom. The first-order valence-corrected chi connectivity index (χ1v) is 11.8. The lowest BCUT2D eigenvalue weighted by Crippen LogP contribution is -2.42. The number of benzene rings is 3. The normalized spacial score (nSPS) is 11.1. The molecule has 0 unspecified atom stereocenters. The Balaban J connectivity index is 1.74. The number of amides is 1. The third kappa shape index (κ3) is 5.68. The van der Waals surface area contributed by atoms with Gasteiger partial charge >= 0.3 is 0 Å². The van der Waals surface area contributed by atoms with Gasteiger partial charge in [-0.1, -0.05) is 54.1 Å². The molecule has 0 saturated heterocycles. The van der Waals surface area contributed by atoms with Crippen molar-refractivity contribution >= 4 is 21.6 Å². The zero-order chi connectivity index (χ0) is 23.1. The van der Waals surface area contributed by atoms with Crippen LogP contribution in [0, 0.1) is 20.8 Å². The van der Waals surface area contributed by atoms with Gasteiger partial charge in [-0.2, -0.15) is 0 Å². The molecule has 3 rings (SSSR count). The van der Waals surface area contributed by atoms with Gasteiger partial charge < -0.3 is 10.1 Å². The molecule has 1 amide bonds. The Morgan fingerprint density at radius 2 is 1.59 bits per heavy atom. The summed E-state index contributed by atoms with van der Waals surface area (Å²) < 4.78 is 33.6. The first-order valence-electron chi connectivity index (χ1n) is 10.4. The molecular formula is C25H28N2O4S. The summed E-state index contributed by atoms with van der Waals surface area (Å²) in [6.07, 6.45) is 0. The van der Waals surface area contributed by atoms with Crippen molar-refractivity contribution in [3.63, 3.8) is 0 Å². The molecule has 6 nitrogen and oxygen atoms in total. The Hall–Kier alpha value is -3.32. The zero-order valence-corrected chi connectivity index (χ0v) is 19.4. The summed E-state index contributed by atoms with van der Waals surface area (Å²) in [6, 6.07) is 21.2. The average Bonchev–Trinajstić information content (AvgIpc) is 2.77. The maximum Gasteiger partial charge on any atom is 0.264 e. The number of nitrogens with one attached hydrogen (secondary N) is 1. The molecule has 0 fully saturated rings. The number of hydrogen-bond acceptors (Lipinski definition) is 4. The van der Waals surface area contributed by atoms with Crippen molar-refractivity contribution in [3.8, 4) is 5.75 Å². The third-order valence-electron chi connectivity index (χ3n) is 5.01. The molecule has 168 valence electrons. The molecular weight excluding hydrogens is 424 g/mol. The monoisotopic (exact) mass is 452 g/mol. The third-order valence-corrected chi connectivity index (χ3v) is 6.79. The quantitative estimate of drug-likeness (QED) is 0.498. The molecule has 0 aliphatic heterocycles. The summed E-state index contributed by atoms with van der Waals surface area (Å²) >= 11 is 0. The van der Waals surface area contributed by atoms with Crippen LogP contribution in [0.15, 0.2) is 77.7 Å². The lowest BCUT2D eigenvalue weighted by atomic mass is 10.1. The van der Waals surface area contributed by atoms with Crippen LogP contribution in [0.2, 0.25) is 0 Å². The van der Waals surface area contributed by atoms with Crippen LogP contribution in [-0.2, 0) is 14.8 Å². The highest BCUT2D eigenvalue weighted by molar-refractivity contribution is 7.92. The molecule has 3 aromatic carbocycles. The van der Waals surface area contributed by atoms with E-state index < -0.39 is 15.9 Å². The van der Waals surface area contributed by atoms with Crippen LogP contribution in [0.25, 0.3) is 0 Å². The molecule has 7 heteroatoms. The zero-order valence-electron chi connectivity index (χ0n) is 18.5. The molecule has 0 saturated carbocycles. The number of carbonyl (C=O) groups excluding carboxylic acids is 1. The first-order chi connectivity index (χ1) is 15.3. The minimum absolute atomic E-state index is 0.135. The first kappa shape index (κ1) is 23.3. The van der Waals surface area contributed by atoms with E-state index in [9.17, 15) is 13.2 Å². The van der Waals surface area contributed by atoms with Gasteiger partial charge in [0.25, 0.3) is 10.0 Å². The van der Waals surface area contributed by atoms with Gasteiger partial charge in [-0.05, 0) is 56.2 Å². The molecule has 1 N–H and O–H groups in total. The second-order valence-corrected chi connectivity index (χ2v) is 9.44. The van der Waals surface area contributed by atoms with Crippen molar-refractivity contribution in [1.82, 2.24) is 5.32 Å². The van der Waals surface area contributed by atoms with E-state index in [0.717, 1.165) is 26.7 Å². The van der Waals surface area contributed by atoms with Crippen molar-refractivity contribution in [2.45, 2.75) is 25.7 Å². The number of aryl methyl sites for hydroxylation is 3. The number of sulfonamides is 1. The summed E-state index contributed by atoms with van der Waals surface area (Å²) in [5, 5.41) is 2.76. The van der Waals surface area contributed by atoms with Gasteiger partial charge in [-0.3, -0.25) is 9.10 Å². The number of anilines is 1. The van der Waals surface area contributed by atoms with Crippen molar-refractivity contribution in [3.05, 3.63) is 89.5 Å². The van der Waals surface area contributed by atoms with E-state index in [-0.39, 0.29) is 24.6 Å². The fourth-order valence-corrected chi connectivity index (χ4v) is 4.87. The number of rotatable bonds is 9. The van der Waals surface area contributed by atoms with Crippen molar-refractivity contribution in [2.75, 3.05) is 24.0 Å². The van der Waals surface area contributed by atoms with Crippen LogP contribution in [0.3, 0.4) is 0 Å². The van der Waals surface area contributed by atoms with Gasteiger partial charge in [-0.15, -0.1) is 0 Å². The predicted molar refractivity (Wildman–Crippen MR) is 127 cm³/mol. The highest BCUT2D eigenvalue weighted by atomic mass is 32.2. The van der Waals surface area contributed by atoms with Crippen molar-refractivity contribution in [2.24, 2.45) is 0 Å². The molecule has 0 aliphatic carbocycles. The smallest absolute Gasteiger partial charge is 0.264 e. The Kier molecular flexibility index (Phi) is 7.53. The largest absolute Gasteiger partial charge is 0.491 e. The van der Waals surface area contributed by atoms with E-state index in [1.807, 2.05) is 57.2 Å².